The number of amides is 1. The van der Waals surface area contributed by atoms with Gasteiger partial charge in [0.25, 0.3) is 10.0 Å². The van der Waals surface area contributed by atoms with Gasteiger partial charge in [-0.2, -0.15) is 18.4 Å². The predicted octanol–water partition coefficient (Wildman–Crippen LogP) is 3.60. The molecule has 0 aliphatic heterocycles. The van der Waals surface area contributed by atoms with Crippen LogP contribution >= 0.6 is 11.8 Å². The lowest BCUT2D eigenvalue weighted by atomic mass is 10.1. The fourth-order valence-corrected chi connectivity index (χ4v) is 4.47. The summed E-state index contributed by atoms with van der Waals surface area (Å²) >= 11 is 0.687. The third kappa shape index (κ3) is 6.21. The van der Waals surface area contributed by atoms with Gasteiger partial charge in [0.05, 0.1) is 21.8 Å². The summed E-state index contributed by atoms with van der Waals surface area (Å²) in [7, 11) is -3.96. The molecule has 0 spiro atoms. The van der Waals surface area contributed by atoms with Gasteiger partial charge in [-0.1, -0.05) is 11.8 Å². The van der Waals surface area contributed by atoms with Crippen LogP contribution in [0, 0.1) is 18.3 Å². The molecule has 0 radical (unpaired) electrons. The SMILES string of the molecule is Cc1cc(C(F)(F)F)c(C#N)c(SCC(=O)Nc2ccc(S(=O)(=O)Nc3ncccn3)cc2)n1. The van der Waals surface area contributed by atoms with Crippen molar-refractivity contribution in [3.63, 3.8) is 0 Å². The number of halogens is 3. The van der Waals surface area contributed by atoms with Crippen molar-refractivity contribution in [1.82, 2.24) is 15.0 Å². The molecule has 0 fully saturated rings. The first-order chi connectivity index (χ1) is 16.0. The first-order valence-corrected chi connectivity index (χ1v) is 11.8. The van der Waals surface area contributed by atoms with Crippen LogP contribution in [0.15, 0.2) is 58.7 Å². The van der Waals surface area contributed by atoms with Crippen LogP contribution < -0.4 is 10.0 Å². The summed E-state index contributed by atoms with van der Waals surface area (Å²) in [6, 6.07) is 8.99. The van der Waals surface area contributed by atoms with E-state index in [2.05, 4.69) is 25.0 Å². The number of nitrogens with one attached hydrogen (secondary N) is 2. The summed E-state index contributed by atoms with van der Waals surface area (Å²) in [5.74, 6) is -1.01. The van der Waals surface area contributed by atoms with E-state index in [-0.39, 0.29) is 33.0 Å². The van der Waals surface area contributed by atoms with Crippen molar-refractivity contribution in [2.24, 2.45) is 0 Å². The summed E-state index contributed by atoms with van der Waals surface area (Å²) in [6.45, 7) is 1.36. The van der Waals surface area contributed by atoms with E-state index in [0.29, 0.717) is 11.8 Å². The third-order valence-electron chi connectivity index (χ3n) is 4.11. The van der Waals surface area contributed by atoms with Crippen LogP contribution in [0.5, 0.6) is 0 Å². The molecule has 3 rings (SSSR count). The number of sulfonamides is 1. The second-order valence-electron chi connectivity index (χ2n) is 6.64. The summed E-state index contributed by atoms with van der Waals surface area (Å²) in [6.07, 6.45) is -1.99. The lowest BCUT2D eigenvalue weighted by Gasteiger charge is -2.13. The number of carbonyl (C=O) groups is 1. The number of carbonyl (C=O) groups excluding carboxylic acids is 1. The number of aryl methyl sites for hydroxylation is 1. The van der Waals surface area contributed by atoms with Gasteiger partial charge in [-0.05, 0) is 43.3 Å². The Morgan fingerprint density at radius 2 is 1.82 bits per heavy atom. The normalized spacial score (nSPS) is 11.5. The molecule has 0 unspecified atom stereocenters. The molecule has 2 N–H and O–H groups in total. The van der Waals surface area contributed by atoms with E-state index in [0.717, 1.165) is 6.07 Å². The van der Waals surface area contributed by atoms with Crippen molar-refractivity contribution in [3.8, 4) is 6.07 Å². The zero-order valence-corrected chi connectivity index (χ0v) is 18.9. The molecule has 1 amide bonds. The summed E-state index contributed by atoms with van der Waals surface area (Å²) in [4.78, 5) is 23.7. The number of rotatable bonds is 7. The molecular formula is C20H15F3N6O3S2. The molecule has 14 heteroatoms. The molecule has 1 aromatic carbocycles. The zero-order chi connectivity index (χ0) is 24.9. The smallest absolute Gasteiger partial charge is 0.325 e. The van der Waals surface area contributed by atoms with Gasteiger partial charge in [0.1, 0.15) is 11.1 Å². The van der Waals surface area contributed by atoms with Gasteiger partial charge < -0.3 is 5.32 Å². The van der Waals surface area contributed by atoms with Gasteiger partial charge in [-0.15, -0.1) is 0 Å². The second kappa shape index (κ2) is 10.1. The molecule has 176 valence electrons. The first-order valence-electron chi connectivity index (χ1n) is 9.31. The van der Waals surface area contributed by atoms with Crippen LogP contribution in [0.25, 0.3) is 0 Å². The summed E-state index contributed by atoms with van der Waals surface area (Å²) in [5, 5.41) is 11.5. The maximum absolute atomic E-state index is 13.2. The lowest BCUT2D eigenvalue weighted by Crippen LogP contribution is -2.16. The van der Waals surface area contributed by atoms with E-state index in [1.165, 1.54) is 55.7 Å². The molecule has 9 nitrogen and oxygen atoms in total. The molecule has 0 aliphatic carbocycles. The zero-order valence-electron chi connectivity index (χ0n) is 17.3. The largest absolute Gasteiger partial charge is 0.417 e. The van der Waals surface area contributed by atoms with Crippen LogP contribution in [0.1, 0.15) is 16.8 Å². The Kier molecular flexibility index (Phi) is 7.38. The molecule has 2 heterocycles. The maximum atomic E-state index is 13.2. The predicted molar refractivity (Wildman–Crippen MR) is 117 cm³/mol. The fourth-order valence-electron chi connectivity index (χ4n) is 2.66. The highest BCUT2D eigenvalue weighted by molar-refractivity contribution is 8.00. The lowest BCUT2D eigenvalue weighted by molar-refractivity contribution is -0.138. The van der Waals surface area contributed by atoms with Crippen molar-refractivity contribution in [2.75, 3.05) is 15.8 Å². The van der Waals surface area contributed by atoms with E-state index in [1.54, 1.807) is 0 Å². The Hall–Kier alpha value is -3.70. The second-order valence-corrected chi connectivity index (χ2v) is 9.29. The fraction of sp³-hybridized carbons (Fsp3) is 0.150. The van der Waals surface area contributed by atoms with Crippen molar-refractivity contribution in [3.05, 3.63) is 65.6 Å². The number of nitrogens with zero attached hydrogens (tertiary/aromatic N) is 4. The van der Waals surface area contributed by atoms with E-state index in [9.17, 15) is 31.6 Å². The van der Waals surface area contributed by atoms with E-state index in [1.807, 2.05) is 0 Å². The highest BCUT2D eigenvalue weighted by Gasteiger charge is 2.35. The molecule has 34 heavy (non-hydrogen) atoms. The number of alkyl halides is 3. The van der Waals surface area contributed by atoms with Crippen LogP contribution in [-0.4, -0.2) is 35.0 Å². The minimum atomic E-state index is -4.74. The number of thioether (sulfide) groups is 1. The molecule has 0 saturated heterocycles. The Labute approximate surface area is 196 Å². The van der Waals surface area contributed by atoms with Crippen LogP contribution in [-0.2, 0) is 21.0 Å². The number of aromatic nitrogens is 3. The van der Waals surface area contributed by atoms with Gasteiger partial charge in [-0.3, -0.25) is 4.79 Å². The average Bonchev–Trinajstić information content (AvgIpc) is 2.77. The van der Waals surface area contributed by atoms with Crippen molar-refractivity contribution in [2.45, 2.75) is 23.0 Å². The van der Waals surface area contributed by atoms with E-state index >= 15 is 0 Å². The number of benzene rings is 1. The van der Waals surface area contributed by atoms with Crippen molar-refractivity contribution < 1.29 is 26.4 Å². The van der Waals surface area contributed by atoms with Gasteiger partial charge in [0, 0.05) is 23.8 Å². The van der Waals surface area contributed by atoms with Gasteiger partial charge >= 0.3 is 6.18 Å². The van der Waals surface area contributed by atoms with Gasteiger partial charge in [0.2, 0.25) is 11.9 Å². The molecule has 0 atom stereocenters. The van der Waals surface area contributed by atoms with Gasteiger partial charge in [-0.25, -0.2) is 28.1 Å². The third-order valence-corrected chi connectivity index (χ3v) is 6.43. The standard InChI is InChI=1S/C20H15F3N6O3S2/c1-12-9-16(20(21,22)23)15(10-24)18(27-12)33-11-17(30)28-13-3-5-14(6-4-13)34(31,32)29-19-25-7-2-8-26-19/h2-9H,11H2,1H3,(H,28,30)(H,25,26,29). The molecule has 0 saturated carbocycles. The number of nitriles is 1. The topological polar surface area (TPSA) is 138 Å². The minimum absolute atomic E-state index is 0.0561. The van der Waals surface area contributed by atoms with Crippen LogP contribution in [0.3, 0.4) is 0 Å². The minimum Gasteiger partial charge on any atom is -0.325 e. The average molecular weight is 509 g/mol. The monoisotopic (exact) mass is 508 g/mol. The Balaban J connectivity index is 1.66. The van der Waals surface area contributed by atoms with Crippen LogP contribution in [0.2, 0.25) is 0 Å². The van der Waals surface area contributed by atoms with Crippen LogP contribution in [0.4, 0.5) is 24.8 Å². The summed E-state index contributed by atoms with van der Waals surface area (Å²) < 4.78 is 66.6. The van der Waals surface area contributed by atoms with E-state index < -0.39 is 33.2 Å². The van der Waals surface area contributed by atoms with E-state index in [4.69, 9.17) is 0 Å². The number of hydrogen-bond donors (Lipinski definition) is 2. The Morgan fingerprint density at radius 1 is 1.18 bits per heavy atom. The quantitative estimate of drug-likeness (QED) is 0.462. The number of pyridine rings is 1. The van der Waals surface area contributed by atoms with Gasteiger partial charge in [0.15, 0.2) is 0 Å². The molecule has 2 aromatic heterocycles. The van der Waals surface area contributed by atoms with Crippen molar-refractivity contribution >= 4 is 39.3 Å². The Bertz CT molecular complexity index is 1340. The molecule has 0 aliphatic rings. The molecule has 3 aromatic rings. The number of hydrogen-bond acceptors (Lipinski definition) is 8. The number of anilines is 2. The first kappa shape index (κ1) is 24.9. The van der Waals surface area contributed by atoms with Crippen molar-refractivity contribution in [1.29, 1.82) is 5.26 Å². The summed E-state index contributed by atoms with van der Waals surface area (Å²) in [5.41, 5.74) is -1.45. The highest BCUT2D eigenvalue weighted by Crippen LogP contribution is 2.35. The molecular weight excluding hydrogens is 493 g/mol. The highest BCUT2D eigenvalue weighted by atomic mass is 32.2. The maximum Gasteiger partial charge on any atom is 0.417 e. The molecule has 0 bridgehead atoms. The Morgan fingerprint density at radius 3 is 2.41 bits per heavy atom.